The molecule has 1 aromatic heterocycles. The van der Waals surface area contributed by atoms with E-state index < -0.39 is 0 Å². The van der Waals surface area contributed by atoms with Crippen LogP contribution in [0.2, 0.25) is 0 Å². The maximum atomic E-state index is 13.7. The first-order valence-corrected chi connectivity index (χ1v) is 10.0. The van der Waals surface area contributed by atoms with Crippen molar-refractivity contribution in [2.45, 2.75) is 26.2 Å². The summed E-state index contributed by atoms with van der Waals surface area (Å²) in [5.74, 6) is -0.445. The minimum Gasteiger partial charge on any atom is -0.346 e. The molecule has 3 aromatic carbocycles. The highest BCUT2D eigenvalue weighted by Crippen LogP contribution is 2.17. The van der Waals surface area contributed by atoms with Crippen LogP contribution in [0, 0.1) is 11.6 Å². The SMILES string of the molecule is Fc1cccc(CN(Cc2ccccc2)Cc2cccn2Cc2cccc(F)c2)c1. The van der Waals surface area contributed by atoms with Gasteiger partial charge in [-0.15, -0.1) is 0 Å². The van der Waals surface area contributed by atoms with Gasteiger partial charge in [-0.3, -0.25) is 4.90 Å². The third-order valence-electron chi connectivity index (χ3n) is 5.10. The minimum absolute atomic E-state index is 0.221. The molecule has 4 aromatic rings. The number of nitrogens with zero attached hydrogens (tertiary/aromatic N) is 2. The lowest BCUT2D eigenvalue weighted by atomic mass is 10.1. The summed E-state index contributed by atoms with van der Waals surface area (Å²) in [4.78, 5) is 2.29. The van der Waals surface area contributed by atoms with Crippen LogP contribution in [0.1, 0.15) is 22.4 Å². The summed E-state index contributed by atoms with van der Waals surface area (Å²) < 4.78 is 29.4. The topological polar surface area (TPSA) is 8.17 Å². The summed E-state index contributed by atoms with van der Waals surface area (Å²) in [7, 11) is 0. The Labute approximate surface area is 176 Å². The Morgan fingerprint density at radius 3 is 1.97 bits per heavy atom. The fraction of sp³-hybridized carbons (Fsp3) is 0.154. The molecule has 0 saturated heterocycles. The van der Waals surface area contributed by atoms with Crippen LogP contribution in [-0.4, -0.2) is 9.47 Å². The lowest BCUT2D eigenvalue weighted by Crippen LogP contribution is -2.24. The average Bonchev–Trinajstić information content (AvgIpc) is 3.15. The van der Waals surface area contributed by atoms with E-state index in [1.54, 1.807) is 24.3 Å². The van der Waals surface area contributed by atoms with Gasteiger partial charge in [0.05, 0.1) is 0 Å². The molecule has 0 bridgehead atoms. The number of rotatable bonds is 8. The minimum atomic E-state index is -0.224. The van der Waals surface area contributed by atoms with Crippen LogP contribution < -0.4 is 0 Å². The number of halogens is 2. The van der Waals surface area contributed by atoms with Crippen LogP contribution in [0.5, 0.6) is 0 Å². The Balaban J connectivity index is 1.55. The molecule has 0 aliphatic rings. The van der Waals surface area contributed by atoms with E-state index in [0.29, 0.717) is 19.6 Å². The van der Waals surface area contributed by atoms with Crippen molar-refractivity contribution < 1.29 is 8.78 Å². The van der Waals surface area contributed by atoms with Crippen molar-refractivity contribution in [1.29, 1.82) is 0 Å². The molecule has 0 atom stereocenters. The second-order valence-corrected chi connectivity index (χ2v) is 7.52. The molecule has 1 heterocycles. The first-order valence-electron chi connectivity index (χ1n) is 10.0. The molecule has 30 heavy (non-hydrogen) atoms. The van der Waals surface area contributed by atoms with Crippen LogP contribution in [-0.2, 0) is 26.2 Å². The highest BCUT2D eigenvalue weighted by atomic mass is 19.1. The van der Waals surface area contributed by atoms with Crippen LogP contribution in [0.15, 0.2) is 97.2 Å². The van der Waals surface area contributed by atoms with Crippen molar-refractivity contribution >= 4 is 0 Å². The van der Waals surface area contributed by atoms with Crippen LogP contribution in [0.3, 0.4) is 0 Å². The number of benzene rings is 3. The molecule has 0 unspecified atom stereocenters. The number of hydrogen-bond donors (Lipinski definition) is 0. The molecule has 0 spiro atoms. The van der Waals surface area contributed by atoms with E-state index in [-0.39, 0.29) is 11.6 Å². The Morgan fingerprint density at radius 2 is 1.23 bits per heavy atom. The Hall–Kier alpha value is -3.24. The van der Waals surface area contributed by atoms with Gasteiger partial charge < -0.3 is 4.57 Å². The average molecular weight is 402 g/mol. The molecule has 0 N–H and O–H groups in total. The molecule has 0 aliphatic heterocycles. The van der Waals surface area contributed by atoms with E-state index in [2.05, 4.69) is 27.7 Å². The third-order valence-corrected chi connectivity index (χ3v) is 5.10. The number of hydrogen-bond acceptors (Lipinski definition) is 1. The van der Waals surface area contributed by atoms with E-state index in [4.69, 9.17) is 0 Å². The van der Waals surface area contributed by atoms with Gasteiger partial charge in [-0.1, -0.05) is 54.6 Å². The fourth-order valence-corrected chi connectivity index (χ4v) is 3.71. The molecule has 4 rings (SSSR count). The van der Waals surface area contributed by atoms with Gasteiger partial charge in [-0.2, -0.15) is 0 Å². The van der Waals surface area contributed by atoms with E-state index in [1.807, 2.05) is 42.6 Å². The Morgan fingerprint density at radius 1 is 0.600 bits per heavy atom. The zero-order valence-electron chi connectivity index (χ0n) is 16.7. The highest BCUT2D eigenvalue weighted by molar-refractivity contribution is 5.21. The van der Waals surface area contributed by atoms with Gasteiger partial charge in [-0.25, -0.2) is 8.78 Å². The van der Waals surface area contributed by atoms with E-state index >= 15 is 0 Å². The third kappa shape index (κ3) is 5.43. The summed E-state index contributed by atoms with van der Waals surface area (Å²) in [5, 5.41) is 0. The molecule has 0 saturated carbocycles. The highest BCUT2D eigenvalue weighted by Gasteiger charge is 2.12. The quantitative estimate of drug-likeness (QED) is 0.350. The smallest absolute Gasteiger partial charge is 0.123 e. The van der Waals surface area contributed by atoms with Crippen LogP contribution in [0.25, 0.3) is 0 Å². The van der Waals surface area contributed by atoms with Crippen molar-refractivity contribution in [3.05, 3.63) is 131 Å². The molecule has 2 nitrogen and oxygen atoms in total. The summed E-state index contributed by atoms with van der Waals surface area (Å²) >= 11 is 0. The standard InChI is InChI=1S/C26H24F2N2/c27-24-11-4-9-22(15-24)18-29(17-21-7-2-1-3-8-21)20-26-13-6-14-30(26)19-23-10-5-12-25(28)16-23/h1-16H,17-20H2. The van der Waals surface area contributed by atoms with Gasteiger partial charge in [0.25, 0.3) is 0 Å². The second-order valence-electron chi connectivity index (χ2n) is 7.52. The molecule has 0 fully saturated rings. The number of aromatic nitrogens is 1. The van der Waals surface area contributed by atoms with Gasteiger partial charge in [0, 0.05) is 38.1 Å². The van der Waals surface area contributed by atoms with Crippen LogP contribution in [0.4, 0.5) is 8.78 Å². The first-order chi connectivity index (χ1) is 14.7. The summed E-state index contributed by atoms with van der Waals surface area (Å²) in [5.41, 5.74) is 4.20. The van der Waals surface area contributed by atoms with Gasteiger partial charge >= 0.3 is 0 Å². The lowest BCUT2D eigenvalue weighted by molar-refractivity contribution is 0.241. The predicted molar refractivity (Wildman–Crippen MR) is 116 cm³/mol. The zero-order chi connectivity index (χ0) is 20.8. The van der Waals surface area contributed by atoms with Gasteiger partial charge in [0.2, 0.25) is 0 Å². The van der Waals surface area contributed by atoms with E-state index in [1.165, 1.54) is 17.7 Å². The molecular formula is C26H24F2N2. The lowest BCUT2D eigenvalue weighted by Gasteiger charge is -2.24. The van der Waals surface area contributed by atoms with E-state index in [0.717, 1.165) is 23.4 Å². The summed E-state index contributed by atoms with van der Waals surface area (Å²) in [6, 6.07) is 27.8. The molecule has 152 valence electrons. The summed E-state index contributed by atoms with van der Waals surface area (Å²) in [6.07, 6.45) is 2.02. The van der Waals surface area contributed by atoms with Gasteiger partial charge in [-0.05, 0) is 53.1 Å². The molecular weight excluding hydrogens is 378 g/mol. The maximum Gasteiger partial charge on any atom is 0.123 e. The molecule has 0 amide bonds. The Bertz CT molecular complexity index is 1090. The van der Waals surface area contributed by atoms with Crippen molar-refractivity contribution in [1.82, 2.24) is 9.47 Å². The fourth-order valence-electron chi connectivity index (χ4n) is 3.71. The Kier molecular flexibility index (Phi) is 6.35. The molecule has 0 aliphatic carbocycles. The zero-order valence-corrected chi connectivity index (χ0v) is 16.7. The monoisotopic (exact) mass is 402 g/mol. The summed E-state index contributed by atoms with van der Waals surface area (Å²) in [6.45, 7) is 2.70. The normalized spacial score (nSPS) is 11.2. The van der Waals surface area contributed by atoms with E-state index in [9.17, 15) is 8.78 Å². The largest absolute Gasteiger partial charge is 0.346 e. The van der Waals surface area contributed by atoms with Crippen molar-refractivity contribution in [2.75, 3.05) is 0 Å². The van der Waals surface area contributed by atoms with Crippen molar-refractivity contribution in [3.63, 3.8) is 0 Å². The van der Waals surface area contributed by atoms with Gasteiger partial charge in [0.1, 0.15) is 11.6 Å². The van der Waals surface area contributed by atoms with Gasteiger partial charge in [0.15, 0.2) is 0 Å². The molecule has 0 radical (unpaired) electrons. The predicted octanol–water partition coefficient (Wildman–Crippen LogP) is 6.02. The second kappa shape index (κ2) is 9.51. The first kappa shape index (κ1) is 20.0. The molecule has 4 heteroatoms. The van der Waals surface area contributed by atoms with Crippen LogP contribution >= 0.6 is 0 Å². The van der Waals surface area contributed by atoms with Crippen molar-refractivity contribution in [2.24, 2.45) is 0 Å². The van der Waals surface area contributed by atoms with Crippen molar-refractivity contribution in [3.8, 4) is 0 Å². The maximum absolute atomic E-state index is 13.7.